The second kappa shape index (κ2) is 9.06. The van der Waals surface area contributed by atoms with Crippen molar-refractivity contribution in [2.24, 2.45) is 0 Å². The highest BCUT2D eigenvalue weighted by molar-refractivity contribution is 6.10. The molecule has 2 aromatic carbocycles. The van der Waals surface area contributed by atoms with Crippen LogP contribution < -0.4 is 16.0 Å². The van der Waals surface area contributed by atoms with E-state index in [1.54, 1.807) is 48.5 Å². The molecule has 29 heavy (non-hydrogen) atoms. The number of nitrogens with one attached hydrogen (secondary N) is 3. The van der Waals surface area contributed by atoms with E-state index < -0.39 is 17.7 Å². The van der Waals surface area contributed by atoms with Crippen molar-refractivity contribution in [2.45, 2.75) is 0 Å². The Morgan fingerprint density at radius 3 is 2.48 bits per heavy atom. The molecule has 0 aliphatic rings. The molecule has 3 N–H and O–H groups in total. The summed E-state index contributed by atoms with van der Waals surface area (Å²) in [5.74, 6) is 1.23. The van der Waals surface area contributed by atoms with E-state index in [1.807, 2.05) is 0 Å². The number of hydrogen-bond donors (Lipinski definition) is 3. The van der Waals surface area contributed by atoms with Crippen LogP contribution in [0.1, 0.15) is 31.3 Å². The van der Waals surface area contributed by atoms with Crippen LogP contribution in [0.25, 0.3) is 0 Å². The number of para-hydroxylation sites is 1. The fourth-order valence-corrected chi connectivity index (χ4v) is 2.55. The maximum atomic E-state index is 12.7. The fraction of sp³-hybridized carbons (Fsp3) is 0.0455. The zero-order valence-corrected chi connectivity index (χ0v) is 15.3. The number of carbonyl (C=O) groups excluding carboxylic acids is 3. The van der Waals surface area contributed by atoms with Gasteiger partial charge in [-0.15, -0.1) is 6.42 Å². The summed E-state index contributed by atoms with van der Waals surface area (Å²) in [5, 5.41) is 7.93. The van der Waals surface area contributed by atoms with Crippen LogP contribution in [0.15, 0.2) is 71.3 Å². The zero-order chi connectivity index (χ0) is 20.6. The second-order valence-corrected chi connectivity index (χ2v) is 5.90. The number of anilines is 2. The van der Waals surface area contributed by atoms with Gasteiger partial charge in [-0.25, -0.2) is 0 Å². The number of terminal acetylenes is 1. The number of hydrogen-bond acceptors (Lipinski definition) is 4. The Labute approximate surface area is 167 Å². The minimum absolute atomic E-state index is 0.0819. The Morgan fingerprint density at radius 1 is 0.897 bits per heavy atom. The minimum Gasteiger partial charge on any atom is -0.459 e. The Kier molecular flexibility index (Phi) is 6.08. The van der Waals surface area contributed by atoms with Gasteiger partial charge in [0.1, 0.15) is 0 Å². The highest BCUT2D eigenvalue weighted by atomic mass is 16.3. The van der Waals surface area contributed by atoms with Crippen LogP contribution in [0.3, 0.4) is 0 Å². The quantitative estimate of drug-likeness (QED) is 0.566. The average molecular weight is 387 g/mol. The molecular weight excluding hydrogens is 370 g/mol. The maximum absolute atomic E-state index is 12.7. The second-order valence-electron chi connectivity index (χ2n) is 5.90. The molecule has 7 heteroatoms. The van der Waals surface area contributed by atoms with Crippen molar-refractivity contribution in [3.05, 3.63) is 83.8 Å². The first-order valence-electron chi connectivity index (χ1n) is 8.65. The summed E-state index contributed by atoms with van der Waals surface area (Å²) in [7, 11) is 0. The normalized spacial score (nSPS) is 9.90. The third-order valence-corrected chi connectivity index (χ3v) is 3.90. The molecule has 3 aromatic rings. The van der Waals surface area contributed by atoms with Gasteiger partial charge in [-0.1, -0.05) is 24.1 Å². The first-order chi connectivity index (χ1) is 14.1. The number of amides is 3. The molecule has 0 radical (unpaired) electrons. The Balaban J connectivity index is 1.74. The molecule has 0 bridgehead atoms. The van der Waals surface area contributed by atoms with Crippen LogP contribution in [0.4, 0.5) is 11.4 Å². The summed E-state index contributed by atoms with van der Waals surface area (Å²) >= 11 is 0. The van der Waals surface area contributed by atoms with Gasteiger partial charge in [0.2, 0.25) is 0 Å². The van der Waals surface area contributed by atoms with Crippen LogP contribution in [0.2, 0.25) is 0 Å². The Bertz CT molecular complexity index is 1080. The van der Waals surface area contributed by atoms with Gasteiger partial charge in [-0.2, -0.15) is 0 Å². The van der Waals surface area contributed by atoms with E-state index in [1.165, 1.54) is 18.4 Å². The summed E-state index contributed by atoms with van der Waals surface area (Å²) < 4.78 is 5.05. The predicted octanol–water partition coefficient (Wildman–Crippen LogP) is 3.15. The lowest BCUT2D eigenvalue weighted by atomic mass is 10.1. The van der Waals surface area contributed by atoms with E-state index >= 15 is 0 Å². The molecule has 1 heterocycles. The van der Waals surface area contributed by atoms with Crippen molar-refractivity contribution in [2.75, 3.05) is 17.2 Å². The number of benzene rings is 2. The van der Waals surface area contributed by atoms with E-state index in [9.17, 15) is 14.4 Å². The van der Waals surface area contributed by atoms with Gasteiger partial charge >= 0.3 is 0 Å². The van der Waals surface area contributed by atoms with Crippen LogP contribution in [-0.2, 0) is 0 Å². The van der Waals surface area contributed by atoms with E-state index in [0.717, 1.165) is 0 Å². The molecule has 0 atom stereocenters. The lowest BCUT2D eigenvalue weighted by molar-refractivity contribution is 0.0958. The van der Waals surface area contributed by atoms with Gasteiger partial charge in [0, 0.05) is 11.3 Å². The largest absolute Gasteiger partial charge is 0.459 e. The monoisotopic (exact) mass is 387 g/mol. The smallest absolute Gasteiger partial charge is 0.291 e. The molecule has 0 unspecified atom stereocenters. The molecule has 0 aliphatic heterocycles. The number of carbonyl (C=O) groups is 3. The molecule has 3 rings (SSSR count). The zero-order valence-electron chi connectivity index (χ0n) is 15.3. The van der Waals surface area contributed by atoms with Crippen molar-refractivity contribution in [1.29, 1.82) is 0 Å². The van der Waals surface area contributed by atoms with Gasteiger partial charge in [0.25, 0.3) is 17.7 Å². The minimum atomic E-state index is -0.434. The van der Waals surface area contributed by atoms with E-state index in [2.05, 4.69) is 21.9 Å². The van der Waals surface area contributed by atoms with E-state index in [0.29, 0.717) is 22.5 Å². The predicted molar refractivity (Wildman–Crippen MR) is 109 cm³/mol. The molecule has 7 nitrogen and oxygen atoms in total. The van der Waals surface area contributed by atoms with Crippen molar-refractivity contribution >= 4 is 29.1 Å². The molecular formula is C22H17N3O4. The fourth-order valence-electron chi connectivity index (χ4n) is 2.55. The summed E-state index contributed by atoms with van der Waals surface area (Å²) in [6.45, 7) is 0.0819. The van der Waals surface area contributed by atoms with Crippen LogP contribution in [0.5, 0.6) is 0 Å². The summed E-state index contributed by atoms with van der Waals surface area (Å²) in [6, 6.07) is 16.1. The SMILES string of the molecule is C#CCNC(=O)c1ccccc1NC(=O)c1cccc(NC(=O)c2ccco2)c1. The van der Waals surface area contributed by atoms with Gasteiger partial charge in [0.05, 0.1) is 24.1 Å². The highest BCUT2D eigenvalue weighted by Crippen LogP contribution is 2.18. The number of furan rings is 1. The van der Waals surface area contributed by atoms with Crippen molar-refractivity contribution in [3.63, 3.8) is 0 Å². The standard InChI is InChI=1S/C22H17N3O4/c1-2-12-23-21(27)17-9-3-4-10-18(17)25-20(26)15-7-5-8-16(14-15)24-22(28)19-11-6-13-29-19/h1,3-11,13-14H,12H2,(H,23,27)(H,24,28)(H,25,26). The lowest BCUT2D eigenvalue weighted by Gasteiger charge is -2.11. The molecule has 0 aliphatic carbocycles. The number of rotatable bonds is 6. The molecule has 3 amide bonds. The summed E-state index contributed by atoms with van der Waals surface area (Å²) in [4.78, 5) is 37.0. The third kappa shape index (κ3) is 4.90. The summed E-state index contributed by atoms with van der Waals surface area (Å²) in [6.07, 6.45) is 6.56. The molecule has 0 spiro atoms. The Hall–Kier alpha value is -4.31. The van der Waals surface area contributed by atoms with Crippen molar-refractivity contribution in [1.82, 2.24) is 5.32 Å². The van der Waals surface area contributed by atoms with Crippen LogP contribution in [0, 0.1) is 12.3 Å². The first kappa shape index (κ1) is 19.5. The maximum Gasteiger partial charge on any atom is 0.291 e. The molecule has 0 fully saturated rings. The molecule has 0 saturated heterocycles. The third-order valence-electron chi connectivity index (χ3n) is 3.90. The van der Waals surface area contributed by atoms with Gasteiger partial charge in [-0.05, 0) is 42.5 Å². The Morgan fingerprint density at radius 2 is 1.72 bits per heavy atom. The first-order valence-corrected chi connectivity index (χ1v) is 8.65. The van der Waals surface area contributed by atoms with Crippen LogP contribution in [-0.4, -0.2) is 24.3 Å². The van der Waals surface area contributed by atoms with E-state index in [-0.39, 0.29) is 12.3 Å². The van der Waals surface area contributed by atoms with Gasteiger partial charge in [0.15, 0.2) is 5.76 Å². The van der Waals surface area contributed by atoms with Gasteiger partial charge < -0.3 is 20.4 Å². The molecule has 1 aromatic heterocycles. The molecule has 0 saturated carbocycles. The average Bonchev–Trinajstić information content (AvgIpc) is 3.28. The van der Waals surface area contributed by atoms with E-state index in [4.69, 9.17) is 10.8 Å². The van der Waals surface area contributed by atoms with Gasteiger partial charge in [-0.3, -0.25) is 14.4 Å². The lowest BCUT2D eigenvalue weighted by Crippen LogP contribution is -2.25. The van der Waals surface area contributed by atoms with Crippen LogP contribution >= 0.6 is 0 Å². The topological polar surface area (TPSA) is 100 Å². The summed E-state index contributed by atoms with van der Waals surface area (Å²) in [5.41, 5.74) is 1.37. The highest BCUT2D eigenvalue weighted by Gasteiger charge is 2.15. The molecule has 144 valence electrons. The van der Waals surface area contributed by atoms with Crippen molar-refractivity contribution < 1.29 is 18.8 Å². The van der Waals surface area contributed by atoms with Crippen molar-refractivity contribution in [3.8, 4) is 12.3 Å².